The molecule has 0 aromatic heterocycles. The van der Waals surface area contributed by atoms with Gasteiger partial charge >= 0.3 is 0 Å². The van der Waals surface area contributed by atoms with Gasteiger partial charge in [-0.1, -0.05) is 42.0 Å². The fourth-order valence-electron chi connectivity index (χ4n) is 3.47. The van der Waals surface area contributed by atoms with Gasteiger partial charge in [0.1, 0.15) is 18.5 Å². The zero-order chi connectivity index (χ0) is 20.6. The van der Waals surface area contributed by atoms with E-state index in [4.69, 9.17) is 9.47 Å². The Balaban J connectivity index is 1.57. The number of methoxy groups -OCH3 is 1. The molecule has 2 aromatic rings. The Bertz CT molecular complexity index is 844. The Labute approximate surface area is 171 Å². The standard InChI is InChI=1S/C23H28N2O4/c1-17-6-5-7-18(14-17)15-24-23(27)20-8-3-4-9-21(20)29-19-10-12-25(13-11-19)22(26)16-28-2/h3-9,14,19H,10-13,15-16H2,1-2H3,(H,24,27). The summed E-state index contributed by atoms with van der Waals surface area (Å²) in [6.45, 7) is 3.87. The lowest BCUT2D eigenvalue weighted by atomic mass is 10.1. The summed E-state index contributed by atoms with van der Waals surface area (Å²) in [6.07, 6.45) is 1.44. The monoisotopic (exact) mass is 396 g/mol. The predicted octanol–water partition coefficient (Wildman–Crippen LogP) is 2.94. The molecule has 2 amide bonds. The van der Waals surface area contributed by atoms with Crippen molar-refractivity contribution < 1.29 is 19.1 Å². The Morgan fingerprint density at radius 2 is 1.86 bits per heavy atom. The van der Waals surface area contributed by atoms with E-state index in [2.05, 4.69) is 11.4 Å². The number of carbonyl (C=O) groups excluding carboxylic acids is 2. The maximum absolute atomic E-state index is 12.7. The third-order valence-corrected chi connectivity index (χ3v) is 5.02. The first kappa shape index (κ1) is 20.9. The fraction of sp³-hybridized carbons (Fsp3) is 0.391. The number of rotatable bonds is 7. The first-order valence-corrected chi connectivity index (χ1v) is 9.93. The average Bonchev–Trinajstić information content (AvgIpc) is 2.73. The number of aryl methyl sites for hydroxylation is 1. The molecular formula is C23H28N2O4. The van der Waals surface area contributed by atoms with Gasteiger partial charge in [-0.3, -0.25) is 9.59 Å². The molecule has 0 aliphatic carbocycles. The maximum Gasteiger partial charge on any atom is 0.255 e. The van der Waals surface area contributed by atoms with Crippen LogP contribution in [0.25, 0.3) is 0 Å². The van der Waals surface area contributed by atoms with Gasteiger partial charge in [0, 0.05) is 39.6 Å². The van der Waals surface area contributed by atoms with Crippen LogP contribution in [0.3, 0.4) is 0 Å². The average molecular weight is 396 g/mol. The molecular weight excluding hydrogens is 368 g/mol. The zero-order valence-corrected chi connectivity index (χ0v) is 17.0. The minimum Gasteiger partial charge on any atom is -0.489 e. The Morgan fingerprint density at radius 1 is 1.10 bits per heavy atom. The molecule has 154 valence electrons. The molecule has 1 aliphatic heterocycles. The summed E-state index contributed by atoms with van der Waals surface area (Å²) in [6, 6.07) is 15.4. The second-order valence-corrected chi connectivity index (χ2v) is 7.30. The SMILES string of the molecule is COCC(=O)N1CCC(Oc2ccccc2C(=O)NCc2cccc(C)c2)CC1. The molecule has 2 aromatic carbocycles. The summed E-state index contributed by atoms with van der Waals surface area (Å²) in [7, 11) is 1.52. The second kappa shape index (κ2) is 10.1. The van der Waals surface area contributed by atoms with E-state index in [0.717, 1.165) is 24.0 Å². The number of piperidine rings is 1. The first-order chi connectivity index (χ1) is 14.1. The predicted molar refractivity (Wildman–Crippen MR) is 111 cm³/mol. The topological polar surface area (TPSA) is 67.9 Å². The van der Waals surface area contributed by atoms with Crippen LogP contribution < -0.4 is 10.1 Å². The molecule has 0 radical (unpaired) electrons. The first-order valence-electron chi connectivity index (χ1n) is 9.93. The van der Waals surface area contributed by atoms with E-state index in [-0.39, 0.29) is 24.5 Å². The highest BCUT2D eigenvalue weighted by Crippen LogP contribution is 2.23. The van der Waals surface area contributed by atoms with E-state index in [0.29, 0.717) is 30.9 Å². The minimum absolute atomic E-state index is 0.00174. The van der Waals surface area contributed by atoms with Gasteiger partial charge in [-0.25, -0.2) is 0 Å². The zero-order valence-electron chi connectivity index (χ0n) is 17.0. The number of para-hydroxylation sites is 1. The molecule has 6 heteroatoms. The van der Waals surface area contributed by atoms with Crippen LogP contribution in [0.15, 0.2) is 48.5 Å². The van der Waals surface area contributed by atoms with Gasteiger partial charge in [0.2, 0.25) is 5.91 Å². The largest absolute Gasteiger partial charge is 0.489 e. The minimum atomic E-state index is -0.158. The van der Waals surface area contributed by atoms with E-state index in [1.165, 1.54) is 7.11 Å². The molecule has 1 fully saturated rings. The van der Waals surface area contributed by atoms with Crippen molar-refractivity contribution in [3.63, 3.8) is 0 Å². The lowest BCUT2D eigenvalue weighted by molar-refractivity contribution is -0.136. The molecule has 3 rings (SSSR count). The normalized spacial score (nSPS) is 14.5. The third kappa shape index (κ3) is 5.81. The van der Waals surface area contributed by atoms with E-state index in [1.54, 1.807) is 11.0 Å². The van der Waals surface area contributed by atoms with Crippen LogP contribution in [0.5, 0.6) is 5.75 Å². The van der Waals surface area contributed by atoms with Crippen molar-refractivity contribution in [2.45, 2.75) is 32.4 Å². The Kier molecular flexibility index (Phi) is 7.25. The fourth-order valence-corrected chi connectivity index (χ4v) is 3.47. The van der Waals surface area contributed by atoms with E-state index >= 15 is 0 Å². The number of nitrogens with one attached hydrogen (secondary N) is 1. The quantitative estimate of drug-likeness (QED) is 0.781. The highest BCUT2D eigenvalue weighted by atomic mass is 16.5. The van der Waals surface area contributed by atoms with Crippen molar-refractivity contribution in [1.82, 2.24) is 10.2 Å². The molecule has 6 nitrogen and oxygen atoms in total. The van der Waals surface area contributed by atoms with Gasteiger partial charge < -0.3 is 19.7 Å². The van der Waals surface area contributed by atoms with Gasteiger partial charge in [-0.05, 0) is 24.6 Å². The summed E-state index contributed by atoms with van der Waals surface area (Å²) >= 11 is 0. The number of likely N-dealkylation sites (tertiary alicyclic amines) is 1. The van der Waals surface area contributed by atoms with Gasteiger partial charge in [-0.15, -0.1) is 0 Å². The lowest BCUT2D eigenvalue weighted by Gasteiger charge is -2.32. The molecule has 1 N–H and O–H groups in total. The van der Waals surface area contributed by atoms with Crippen molar-refractivity contribution in [2.24, 2.45) is 0 Å². The number of ether oxygens (including phenoxy) is 2. The smallest absolute Gasteiger partial charge is 0.255 e. The molecule has 0 spiro atoms. The molecule has 0 bridgehead atoms. The van der Waals surface area contributed by atoms with Crippen LogP contribution in [0.4, 0.5) is 0 Å². The molecule has 0 saturated carbocycles. The molecule has 1 saturated heterocycles. The van der Waals surface area contributed by atoms with Gasteiger partial charge in [0.05, 0.1) is 5.56 Å². The van der Waals surface area contributed by atoms with Crippen molar-refractivity contribution in [2.75, 3.05) is 26.8 Å². The van der Waals surface area contributed by atoms with Crippen molar-refractivity contribution in [3.8, 4) is 5.75 Å². The summed E-state index contributed by atoms with van der Waals surface area (Å²) in [5, 5.41) is 2.97. The Hall–Kier alpha value is -2.86. The van der Waals surface area contributed by atoms with Crippen molar-refractivity contribution >= 4 is 11.8 Å². The number of hydrogen-bond acceptors (Lipinski definition) is 4. The van der Waals surface area contributed by atoms with Crippen LogP contribution in [0.1, 0.15) is 34.3 Å². The lowest BCUT2D eigenvalue weighted by Crippen LogP contribution is -2.43. The number of carbonyl (C=O) groups is 2. The Morgan fingerprint density at radius 3 is 2.59 bits per heavy atom. The van der Waals surface area contributed by atoms with Crippen LogP contribution in [0.2, 0.25) is 0 Å². The van der Waals surface area contributed by atoms with Crippen molar-refractivity contribution in [1.29, 1.82) is 0 Å². The van der Waals surface area contributed by atoms with Crippen LogP contribution >= 0.6 is 0 Å². The van der Waals surface area contributed by atoms with Crippen LogP contribution in [-0.4, -0.2) is 49.6 Å². The molecule has 29 heavy (non-hydrogen) atoms. The second-order valence-electron chi connectivity index (χ2n) is 7.30. The highest BCUT2D eigenvalue weighted by molar-refractivity contribution is 5.96. The highest BCUT2D eigenvalue weighted by Gasteiger charge is 2.25. The van der Waals surface area contributed by atoms with Gasteiger partial charge in [0.15, 0.2) is 0 Å². The van der Waals surface area contributed by atoms with Crippen LogP contribution in [-0.2, 0) is 16.1 Å². The van der Waals surface area contributed by atoms with Crippen molar-refractivity contribution in [3.05, 3.63) is 65.2 Å². The number of hydrogen-bond donors (Lipinski definition) is 1. The third-order valence-electron chi connectivity index (χ3n) is 5.02. The number of amides is 2. The summed E-state index contributed by atoms with van der Waals surface area (Å²) < 4.78 is 11.1. The van der Waals surface area contributed by atoms with E-state index in [1.807, 2.05) is 43.3 Å². The number of benzene rings is 2. The molecule has 0 atom stereocenters. The summed E-state index contributed by atoms with van der Waals surface area (Å²) in [5.41, 5.74) is 2.75. The maximum atomic E-state index is 12.7. The van der Waals surface area contributed by atoms with Gasteiger partial charge in [0.25, 0.3) is 5.91 Å². The molecule has 1 aliphatic rings. The summed E-state index contributed by atoms with van der Waals surface area (Å²) in [5.74, 6) is 0.424. The molecule has 1 heterocycles. The van der Waals surface area contributed by atoms with Crippen LogP contribution in [0, 0.1) is 6.92 Å². The molecule has 0 unspecified atom stereocenters. The van der Waals surface area contributed by atoms with E-state index < -0.39 is 0 Å². The van der Waals surface area contributed by atoms with E-state index in [9.17, 15) is 9.59 Å². The van der Waals surface area contributed by atoms with Gasteiger partial charge in [-0.2, -0.15) is 0 Å². The summed E-state index contributed by atoms with van der Waals surface area (Å²) in [4.78, 5) is 26.4. The number of nitrogens with zero attached hydrogens (tertiary/aromatic N) is 1.